The summed E-state index contributed by atoms with van der Waals surface area (Å²) in [6.07, 6.45) is 0. The highest BCUT2D eigenvalue weighted by Gasteiger charge is 2.36. The van der Waals surface area contributed by atoms with E-state index in [0.29, 0.717) is 17.5 Å². The highest BCUT2D eigenvalue weighted by molar-refractivity contribution is 6.09. The molecule has 0 fully saturated rings. The van der Waals surface area contributed by atoms with Gasteiger partial charge in [-0.15, -0.1) is 0 Å². The topological polar surface area (TPSA) is 55.1 Å². The number of aromatic nitrogens is 3. The van der Waals surface area contributed by atoms with Crippen molar-refractivity contribution in [2.24, 2.45) is 0 Å². The van der Waals surface area contributed by atoms with Gasteiger partial charge >= 0.3 is 0 Å². The van der Waals surface area contributed by atoms with Gasteiger partial charge in [0.25, 0.3) is 0 Å². The van der Waals surface area contributed by atoms with Crippen molar-refractivity contribution in [3.05, 3.63) is 181 Å². The molecule has 2 aromatic heterocycles. The molecule has 1 aliphatic rings. The van der Waals surface area contributed by atoms with Crippen LogP contribution in [0.2, 0.25) is 0 Å². The summed E-state index contributed by atoms with van der Waals surface area (Å²) in [5.41, 5.74) is 12.6. The van der Waals surface area contributed by atoms with Gasteiger partial charge in [0.1, 0.15) is 11.2 Å². The van der Waals surface area contributed by atoms with E-state index in [9.17, 15) is 0 Å². The monoisotopic (exact) mass is 682 g/mol. The first kappa shape index (κ1) is 30.9. The molecule has 9 aromatic rings. The zero-order chi connectivity index (χ0) is 35.5. The summed E-state index contributed by atoms with van der Waals surface area (Å²) in [6.45, 7) is 4.62. The molecule has 1 aliphatic heterocycles. The van der Waals surface area contributed by atoms with Crippen molar-refractivity contribution < 1.29 is 4.42 Å². The SMILES string of the molecule is CC1(C)c2ccccc2N(c2ccc(-c3nc(-c4ccccc4)nc(-c4ccc(-c5cccc6c5oc5ccccc56)cc4)n3)cc2)c2ccccc21. The van der Waals surface area contributed by atoms with E-state index in [2.05, 4.69) is 140 Å². The lowest BCUT2D eigenvalue weighted by atomic mass is 9.73. The molecule has 0 amide bonds. The Bertz CT molecular complexity index is 2750. The first-order chi connectivity index (χ1) is 26.0. The highest BCUT2D eigenvalue weighted by Crippen LogP contribution is 2.51. The van der Waals surface area contributed by atoms with Crippen LogP contribution in [0, 0.1) is 0 Å². The smallest absolute Gasteiger partial charge is 0.164 e. The Labute approximate surface area is 307 Å². The van der Waals surface area contributed by atoms with Crippen LogP contribution >= 0.6 is 0 Å². The minimum absolute atomic E-state index is 0.113. The summed E-state index contributed by atoms with van der Waals surface area (Å²) in [6, 6.07) is 59.0. The maximum absolute atomic E-state index is 6.34. The van der Waals surface area contributed by atoms with Crippen LogP contribution in [0.3, 0.4) is 0 Å². The van der Waals surface area contributed by atoms with Gasteiger partial charge in [-0.3, -0.25) is 0 Å². The van der Waals surface area contributed by atoms with E-state index in [1.54, 1.807) is 0 Å². The summed E-state index contributed by atoms with van der Waals surface area (Å²) in [7, 11) is 0. The Balaban J connectivity index is 1.04. The number of nitrogens with zero attached hydrogens (tertiary/aromatic N) is 4. The molecule has 0 radical (unpaired) electrons. The second kappa shape index (κ2) is 12.1. The molecule has 7 aromatic carbocycles. The summed E-state index contributed by atoms with van der Waals surface area (Å²) in [4.78, 5) is 17.4. The second-order valence-electron chi connectivity index (χ2n) is 14.1. The van der Waals surface area contributed by atoms with Crippen LogP contribution < -0.4 is 4.90 Å². The summed E-state index contributed by atoms with van der Waals surface area (Å²) in [5, 5.41) is 2.23. The number of rotatable bonds is 5. The number of furan rings is 1. The Morgan fingerprint density at radius 1 is 0.434 bits per heavy atom. The molecule has 3 heterocycles. The van der Waals surface area contributed by atoms with E-state index in [-0.39, 0.29) is 5.41 Å². The van der Waals surface area contributed by atoms with Crippen LogP contribution in [0.5, 0.6) is 0 Å². The fourth-order valence-electron chi connectivity index (χ4n) is 7.83. The number of hydrogen-bond acceptors (Lipinski definition) is 5. The van der Waals surface area contributed by atoms with Crippen molar-refractivity contribution in [3.63, 3.8) is 0 Å². The van der Waals surface area contributed by atoms with Gasteiger partial charge < -0.3 is 9.32 Å². The molecule has 5 nitrogen and oxygen atoms in total. The zero-order valence-electron chi connectivity index (χ0n) is 29.4. The molecule has 0 unspecified atom stereocenters. The molecule has 0 saturated carbocycles. The van der Waals surface area contributed by atoms with Crippen molar-refractivity contribution in [2.75, 3.05) is 4.90 Å². The van der Waals surface area contributed by atoms with Crippen LogP contribution in [0.1, 0.15) is 25.0 Å². The van der Waals surface area contributed by atoms with Crippen LogP contribution in [0.4, 0.5) is 17.1 Å². The predicted octanol–water partition coefficient (Wildman–Crippen LogP) is 12.5. The Morgan fingerprint density at radius 2 is 0.925 bits per heavy atom. The Hall–Kier alpha value is -6.85. The van der Waals surface area contributed by atoms with Crippen LogP contribution in [-0.2, 0) is 5.41 Å². The number of anilines is 3. The lowest BCUT2D eigenvalue weighted by Crippen LogP contribution is -2.30. The molecule has 5 heteroatoms. The van der Waals surface area contributed by atoms with E-state index in [1.165, 1.54) is 22.5 Å². The van der Waals surface area contributed by atoms with Gasteiger partial charge in [0.05, 0.1) is 11.4 Å². The minimum Gasteiger partial charge on any atom is -0.455 e. The van der Waals surface area contributed by atoms with Crippen molar-refractivity contribution in [1.29, 1.82) is 0 Å². The lowest BCUT2D eigenvalue weighted by Gasteiger charge is -2.42. The molecule has 0 N–H and O–H groups in total. The molecule has 53 heavy (non-hydrogen) atoms. The molecule has 0 saturated heterocycles. The Kier molecular flexibility index (Phi) is 7.08. The zero-order valence-corrected chi connectivity index (χ0v) is 29.4. The number of hydrogen-bond donors (Lipinski definition) is 0. The third-order valence-electron chi connectivity index (χ3n) is 10.5. The van der Waals surface area contributed by atoms with E-state index < -0.39 is 0 Å². The van der Waals surface area contributed by atoms with Gasteiger partial charge in [-0.25, -0.2) is 15.0 Å². The van der Waals surface area contributed by atoms with Crippen LogP contribution in [0.15, 0.2) is 174 Å². The summed E-state index contributed by atoms with van der Waals surface area (Å²) >= 11 is 0. The molecular weight excluding hydrogens is 649 g/mol. The molecule has 252 valence electrons. The van der Waals surface area contributed by atoms with Crippen molar-refractivity contribution >= 4 is 39.0 Å². The van der Waals surface area contributed by atoms with Gasteiger partial charge in [-0.05, 0) is 59.2 Å². The van der Waals surface area contributed by atoms with Gasteiger partial charge in [0.2, 0.25) is 0 Å². The first-order valence-corrected chi connectivity index (χ1v) is 18.0. The Morgan fingerprint density at radius 3 is 1.57 bits per heavy atom. The molecule has 0 bridgehead atoms. The molecule has 0 spiro atoms. The van der Waals surface area contributed by atoms with E-state index in [0.717, 1.165) is 55.4 Å². The molecular formula is C48H34N4O. The van der Waals surface area contributed by atoms with Gasteiger partial charge in [-0.2, -0.15) is 0 Å². The maximum atomic E-state index is 6.34. The molecule has 0 aliphatic carbocycles. The van der Waals surface area contributed by atoms with E-state index >= 15 is 0 Å². The summed E-state index contributed by atoms with van der Waals surface area (Å²) in [5.74, 6) is 1.87. The first-order valence-electron chi connectivity index (χ1n) is 18.0. The molecule has 10 rings (SSSR count). The number of para-hydroxylation sites is 4. The average Bonchev–Trinajstić information content (AvgIpc) is 3.61. The number of fused-ring (bicyclic) bond motifs is 5. The highest BCUT2D eigenvalue weighted by atomic mass is 16.3. The third kappa shape index (κ3) is 5.12. The van der Waals surface area contributed by atoms with Gasteiger partial charge in [0.15, 0.2) is 17.5 Å². The minimum atomic E-state index is -0.113. The normalized spacial score (nSPS) is 13.2. The van der Waals surface area contributed by atoms with Crippen molar-refractivity contribution in [3.8, 4) is 45.3 Å². The predicted molar refractivity (Wildman–Crippen MR) is 216 cm³/mol. The van der Waals surface area contributed by atoms with Crippen molar-refractivity contribution in [2.45, 2.75) is 19.3 Å². The van der Waals surface area contributed by atoms with Gasteiger partial charge in [0, 0.05) is 44.1 Å². The quantitative estimate of drug-likeness (QED) is 0.181. The fraction of sp³-hybridized carbons (Fsp3) is 0.0625. The third-order valence-corrected chi connectivity index (χ3v) is 10.5. The fourth-order valence-corrected chi connectivity index (χ4v) is 7.83. The number of benzene rings is 7. The average molecular weight is 683 g/mol. The molecule has 0 atom stereocenters. The van der Waals surface area contributed by atoms with E-state index in [4.69, 9.17) is 19.4 Å². The standard InChI is InChI=1S/C48H34N4O/c1-48(2)39-18-7-9-20-41(39)52(42-21-10-8-19-40(42)48)35-29-27-34(28-30-35)47-50-45(32-13-4-3-5-14-32)49-46(51-47)33-25-23-31(24-26-33)36-16-12-17-38-37-15-6-11-22-43(37)53-44(36)38/h3-30H,1-2H3. The van der Waals surface area contributed by atoms with Crippen LogP contribution in [0.25, 0.3) is 67.2 Å². The summed E-state index contributed by atoms with van der Waals surface area (Å²) < 4.78 is 6.34. The van der Waals surface area contributed by atoms with E-state index in [1.807, 2.05) is 48.5 Å². The van der Waals surface area contributed by atoms with Crippen LogP contribution in [-0.4, -0.2) is 15.0 Å². The largest absolute Gasteiger partial charge is 0.455 e. The van der Waals surface area contributed by atoms with Gasteiger partial charge in [-0.1, -0.05) is 141 Å². The van der Waals surface area contributed by atoms with Crippen molar-refractivity contribution in [1.82, 2.24) is 15.0 Å². The maximum Gasteiger partial charge on any atom is 0.164 e. The second-order valence-corrected chi connectivity index (χ2v) is 14.1. The lowest BCUT2D eigenvalue weighted by molar-refractivity contribution is 0.632.